The van der Waals surface area contributed by atoms with Gasteiger partial charge >= 0.3 is 0 Å². The van der Waals surface area contributed by atoms with Crippen molar-refractivity contribution in [1.29, 1.82) is 0 Å². The molecule has 1 aliphatic carbocycles. The van der Waals surface area contributed by atoms with Crippen molar-refractivity contribution in [2.45, 2.75) is 39.7 Å². The number of rotatable bonds is 3. The Hall–Kier alpha value is -1.51. The third kappa shape index (κ3) is 2.50. The molecule has 0 bridgehead atoms. The first-order valence-corrected chi connectivity index (χ1v) is 6.67. The summed E-state index contributed by atoms with van der Waals surface area (Å²) < 4.78 is 0. The summed E-state index contributed by atoms with van der Waals surface area (Å²) in [5, 5.41) is 3.16. The van der Waals surface area contributed by atoms with E-state index in [1.807, 2.05) is 25.1 Å². The van der Waals surface area contributed by atoms with Crippen LogP contribution in [-0.2, 0) is 11.2 Å². The number of nitrogens with two attached hydrogens (primary N) is 1. The standard InChI is InChI=1S/C15H22N2O/c1-9(2)10(3)15(18)17-14-7-4-11-8-12(16)5-6-13(11)14/h5-6,8-10,14H,4,7,16H2,1-3H3,(H,17,18). The normalized spacial score (nSPS) is 19.7. The number of nitrogens with one attached hydrogen (secondary N) is 1. The van der Waals surface area contributed by atoms with E-state index < -0.39 is 0 Å². The number of carbonyl (C=O) groups excluding carboxylic acids is 1. The van der Waals surface area contributed by atoms with E-state index >= 15 is 0 Å². The zero-order chi connectivity index (χ0) is 13.3. The molecule has 3 heteroatoms. The Kier molecular flexibility index (Phi) is 3.60. The van der Waals surface area contributed by atoms with Crippen LogP contribution >= 0.6 is 0 Å². The Morgan fingerprint density at radius 2 is 2.11 bits per heavy atom. The molecule has 1 aliphatic rings. The molecule has 0 radical (unpaired) electrons. The van der Waals surface area contributed by atoms with E-state index in [1.165, 1.54) is 11.1 Å². The third-order valence-corrected chi connectivity index (χ3v) is 3.97. The van der Waals surface area contributed by atoms with Crippen molar-refractivity contribution in [1.82, 2.24) is 5.32 Å². The molecule has 1 aromatic carbocycles. The van der Waals surface area contributed by atoms with Crippen molar-refractivity contribution in [2.24, 2.45) is 11.8 Å². The number of nitrogen functional groups attached to an aromatic ring is 1. The summed E-state index contributed by atoms with van der Waals surface area (Å²) in [5.74, 6) is 0.583. The van der Waals surface area contributed by atoms with Crippen LogP contribution in [0.25, 0.3) is 0 Å². The summed E-state index contributed by atoms with van der Waals surface area (Å²) in [5.41, 5.74) is 9.09. The lowest BCUT2D eigenvalue weighted by molar-refractivity contribution is -0.126. The molecule has 0 heterocycles. The highest BCUT2D eigenvalue weighted by Gasteiger charge is 2.26. The second-order valence-corrected chi connectivity index (χ2v) is 5.59. The van der Waals surface area contributed by atoms with Gasteiger partial charge < -0.3 is 11.1 Å². The fraction of sp³-hybridized carbons (Fsp3) is 0.533. The van der Waals surface area contributed by atoms with Gasteiger partial charge in [-0.1, -0.05) is 26.8 Å². The number of carbonyl (C=O) groups is 1. The maximum Gasteiger partial charge on any atom is 0.223 e. The van der Waals surface area contributed by atoms with Crippen LogP contribution < -0.4 is 11.1 Å². The van der Waals surface area contributed by atoms with Gasteiger partial charge in [0.2, 0.25) is 5.91 Å². The van der Waals surface area contributed by atoms with Crippen LogP contribution in [-0.4, -0.2) is 5.91 Å². The second kappa shape index (κ2) is 5.01. The first kappa shape index (κ1) is 12.9. The predicted molar refractivity (Wildman–Crippen MR) is 74.1 cm³/mol. The summed E-state index contributed by atoms with van der Waals surface area (Å²) in [7, 11) is 0. The minimum atomic E-state index is 0.0582. The van der Waals surface area contributed by atoms with Gasteiger partial charge in [-0.05, 0) is 42.0 Å². The van der Waals surface area contributed by atoms with Gasteiger partial charge in [0.1, 0.15) is 0 Å². The Labute approximate surface area is 109 Å². The molecule has 2 atom stereocenters. The van der Waals surface area contributed by atoms with Gasteiger partial charge in [0, 0.05) is 11.6 Å². The van der Waals surface area contributed by atoms with Crippen LogP contribution in [0.15, 0.2) is 18.2 Å². The van der Waals surface area contributed by atoms with E-state index in [4.69, 9.17) is 5.73 Å². The van der Waals surface area contributed by atoms with E-state index in [-0.39, 0.29) is 17.9 Å². The average molecular weight is 246 g/mol. The van der Waals surface area contributed by atoms with Gasteiger partial charge in [-0.25, -0.2) is 0 Å². The number of fused-ring (bicyclic) bond motifs is 1. The molecule has 1 aromatic rings. The maximum absolute atomic E-state index is 12.1. The quantitative estimate of drug-likeness (QED) is 0.806. The largest absolute Gasteiger partial charge is 0.399 e. The van der Waals surface area contributed by atoms with Crippen molar-refractivity contribution in [3.8, 4) is 0 Å². The van der Waals surface area contributed by atoms with Crippen LogP contribution in [0.2, 0.25) is 0 Å². The molecule has 0 aromatic heterocycles. The zero-order valence-corrected chi connectivity index (χ0v) is 11.4. The summed E-state index contributed by atoms with van der Waals surface area (Å²) in [6, 6.07) is 6.14. The van der Waals surface area contributed by atoms with Crippen LogP contribution in [0.1, 0.15) is 44.4 Å². The Bertz CT molecular complexity index is 454. The molecule has 0 aliphatic heterocycles. The first-order valence-electron chi connectivity index (χ1n) is 6.67. The zero-order valence-electron chi connectivity index (χ0n) is 11.4. The number of benzene rings is 1. The van der Waals surface area contributed by atoms with Crippen LogP contribution in [0, 0.1) is 11.8 Å². The molecule has 0 saturated heterocycles. The molecule has 1 amide bonds. The van der Waals surface area contributed by atoms with E-state index in [1.54, 1.807) is 0 Å². The molecule has 2 rings (SSSR count). The molecular formula is C15H22N2O. The first-order chi connectivity index (χ1) is 8.49. The summed E-state index contributed by atoms with van der Waals surface area (Å²) in [6.07, 6.45) is 1.98. The van der Waals surface area contributed by atoms with E-state index in [0.29, 0.717) is 5.92 Å². The van der Waals surface area contributed by atoms with E-state index in [2.05, 4.69) is 19.2 Å². The molecule has 18 heavy (non-hydrogen) atoms. The summed E-state index contributed by atoms with van der Waals surface area (Å²) in [6.45, 7) is 6.14. The highest BCUT2D eigenvalue weighted by Crippen LogP contribution is 2.32. The maximum atomic E-state index is 12.1. The van der Waals surface area contributed by atoms with Crippen molar-refractivity contribution < 1.29 is 4.79 Å². The molecule has 3 N–H and O–H groups in total. The number of aryl methyl sites for hydroxylation is 1. The van der Waals surface area contributed by atoms with Gasteiger partial charge in [0.05, 0.1) is 6.04 Å². The van der Waals surface area contributed by atoms with Gasteiger partial charge in [-0.3, -0.25) is 4.79 Å². The van der Waals surface area contributed by atoms with Crippen LogP contribution in [0.4, 0.5) is 5.69 Å². The van der Waals surface area contributed by atoms with Gasteiger partial charge in [-0.2, -0.15) is 0 Å². The van der Waals surface area contributed by atoms with Crippen molar-refractivity contribution in [3.05, 3.63) is 29.3 Å². The molecule has 3 nitrogen and oxygen atoms in total. The second-order valence-electron chi connectivity index (χ2n) is 5.59. The van der Waals surface area contributed by atoms with Gasteiger partial charge in [-0.15, -0.1) is 0 Å². The molecule has 2 unspecified atom stereocenters. The minimum Gasteiger partial charge on any atom is -0.399 e. The lowest BCUT2D eigenvalue weighted by atomic mass is 9.96. The Morgan fingerprint density at radius 1 is 1.39 bits per heavy atom. The third-order valence-electron chi connectivity index (χ3n) is 3.97. The minimum absolute atomic E-state index is 0.0582. The topological polar surface area (TPSA) is 55.1 Å². The molecule has 0 fully saturated rings. The number of amides is 1. The smallest absolute Gasteiger partial charge is 0.223 e. The van der Waals surface area contributed by atoms with Crippen molar-refractivity contribution in [3.63, 3.8) is 0 Å². The highest BCUT2D eigenvalue weighted by atomic mass is 16.1. The van der Waals surface area contributed by atoms with Crippen LogP contribution in [0.5, 0.6) is 0 Å². The van der Waals surface area contributed by atoms with Gasteiger partial charge in [0.15, 0.2) is 0 Å². The van der Waals surface area contributed by atoms with Gasteiger partial charge in [0.25, 0.3) is 0 Å². The fourth-order valence-corrected chi connectivity index (χ4v) is 2.39. The lowest BCUT2D eigenvalue weighted by Gasteiger charge is -2.20. The molecule has 0 saturated carbocycles. The lowest BCUT2D eigenvalue weighted by Crippen LogP contribution is -2.34. The molecule has 98 valence electrons. The fourth-order valence-electron chi connectivity index (χ4n) is 2.39. The highest BCUT2D eigenvalue weighted by molar-refractivity contribution is 5.79. The van der Waals surface area contributed by atoms with Crippen molar-refractivity contribution in [2.75, 3.05) is 5.73 Å². The Morgan fingerprint density at radius 3 is 2.78 bits per heavy atom. The molecular weight excluding hydrogens is 224 g/mol. The number of anilines is 1. The molecule has 0 spiro atoms. The number of hydrogen-bond acceptors (Lipinski definition) is 2. The monoisotopic (exact) mass is 246 g/mol. The predicted octanol–water partition coefficient (Wildman–Crippen LogP) is 2.66. The number of hydrogen-bond donors (Lipinski definition) is 2. The van der Waals surface area contributed by atoms with E-state index in [9.17, 15) is 4.79 Å². The Balaban J connectivity index is 2.08. The average Bonchev–Trinajstić information content (AvgIpc) is 2.70. The summed E-state index contributed by atoms with van der Waals surface area (Å²) >= 11 is 0. The summed E-state index contributed by atoms with van der Waals surface area (Å²) in [4.78, 5) is 12.1. The SMILES string of the molecule is CC(C)C(C)C(=O)NC1CCc2cc(N)ccc21. The van der Waals surface area contributed by atoms with E-state index in [0.717, 1.165) is 18.5 Å². The van der Waals surface area contributed by atoms with Crippen molar-refractivity contribution >= 4 is 11.6 Å². The van der Waals surface area contributed by atoms with Crippen LogP contribution in [0.3, 0.4) is 0 Å².